The lowest BCUT2D eigenvalue weighted by Gasteiger charge is -2.24. The average Bonchev–Trinajstić information content (AvgIpc) is 2.94. The second-order valence-electron chi connectivity index (χ2n) is 6.00. The summed E-state index contributed by atoms with van der Waals surface area (Å²) in [5.41, 5.74) is 6.71. The van der Waals surface area contributed by atoms with Crippen LogP contribution in [-0.4, -0.2) is 40.7 Å². The summed E-state index contributed by atoms with van der Waals surface area (Å²) in [7, 11) is 1.80. The molecule has 116 valence electrons. The summed E-state index contributed by atoms with van der Waals surface area (Å²) in [6.45, 7) is 0.771. The summed E-state index contributed by atoms with van der Waals surface area (Å²) < 4.78 is 0. The van der Waals surface area contributed by atoms with Gasteiger partial charge >= 0.3 is 0 Å². The molecule has 1 atom stereocenters. The van der Waals surface area contributed by atoms with E-state index in [1.165, 1.54) is 37.8 Å². The first-order valence-electron chi connectivity index (χ1n) is 7.48. The number of amides is 1. The highest BCUT2D eigenvalue weighted by molar-refractivity contribution is 5.81. The molecular formula is C16H24N2O3. The fourth-order valence-corrected chi connectivity index (χ4v) is 2.99. The van der Waals surface area contributed by atoms with Gasteiger partial charge in [0.05, 0.1) is 6.04 Å². The maximum Gasteiger partial charge on any atom is 0.239 e. The highest BCUT2D eigenvalue weighted by Gasteiger charge is 2.23. The van der Waals surface area contributed by atoms with E-state index in [0.29, 0.717) is 12.3 Å². The number of nitrogens with zero attached hydrogens (tertiary/aromatic N) is 1. The number of rotatable bonds is 5. The fourth-order valence-electron chi connectivity index (χ4n) is 2.99. The van der Waals surface area contributed by atoms with Crippen molar-refractivity contribution in [2.75, 3.05) is 13.6 Å². The lowest BCUT2D eigenvalue weighted by atomic mass is 10.0. The molecule has 1 aliphatic carbocycles. The molecule has 0 unspecified atom stereocenters. The van der Waals surface area contributed by atoms with Crippen LogP contribution in [0.15, 0.2) is 18.2 Å². The van der Waals surface area contributed by atoms with Gasteiger partial charge in [-0.15, -0.1) is 0 Å². The van der Waals surface area contributed by atoms with E-state index in [9.17, 15) is 15.0 Å². The molecule has 0 heterocycles. The molecule has 4 N–H and O–H groups in total. The van der Waals surface area contributed by atoms with Crippen LogP contribution in [-0.2, 0) is 11.2 Å². The summed E-state index contributed by atoms with van der Waals surface area (Å²) in [6, 6.07) is 3.89. The van der Waals surface area contributed by atoms with E-state index in [0.717, 1.165) is 12.1 Å². The molecular weight excluding hydrogens is 268 g/mol. The first kappa shape index (κ1) is 15.6. The van der Waals surface area contributed by atoms with E-state index in [1.807, 2.05) is 0 Å². The minimum atomic E-state index is -0.625. The van der Waals surface area contributed by atoms with Gasteiger partial charge in [-0.3, -0.25) is 4.79 Å². The molecule has 1 aromatic carbocycles. The van der Waals surface area contributed by atoms with Crippen molar-refractivity contribution in [3.63, 3.8) is 0 Å². The Kier molecular flexibility index (Phi) is 5.07. The summed E-state index contributed by atoms with van der Waals surface area (Å²) in [5, 5.41) is 18.7. The molecule has 21 heavy (non-hydrogen) atoms. The van der Waals surface area contributed by atoms with Crippen LogP contribution in [0, 0.1) is 5.92 Å². The van der Waals surface area contributed by atoms with Crippen LogP contribution in [0.1, 0.15) is 31.2 Å². The van der Waals surface area contributed by atoms with Gasteiger partial charge < -0.3 is 20.8 Å². The molecule has 1 aliphatic rings. The molecule has 0 saturated heterocycles. The lowest BCUT2D eigenvalue weighted by molar-refractivity contribution is -0.131. The van der Waals surface area contributed by atoms with Crippen molar-refractivity contribution in [1.29, 1.82) is 0 Å². The number of likely N-dealkylation sites (N-methyl/N-ethyl adjacent to an activating group) is 1. The van der Waals surface area contributed by atoms with Crippen molar-refractivity contribution in [1.82, 2.24) is 4.90 Å². The number of carbonyl (C=O) groups is 1. The number of phenols is 2. The Labute approximate surface area is 125 Å². The molecule has 1 aromatic rings. The van der Waals surface area contributed by atoms with Crippen molar-refractivity contribution >= 4 is 5.91 Å². The first-order chi connectivity index (χ1) is 9.97. The van der Waals surface area contributed by atoms with E-state index < -0.39 is 6.04 Å². The Hall–Kier alpha value is -1.75. The molecule has 0 spiro atoms. The van der Waals surface area contributed by atoms with Crippen LogP contribution in [0.25, 0.3) is 0 Å². The molecule has 0 radical (unpaired) electrons. The van der Waals surface area contributed by atoms with Crippen LogP contribution < -0.4 is 5.73 Å². The molecule has 1 amide bonds. The molecule has 1 fully saturated rings. The fraction of sp³-hybridized carbons (Fsp3) is 0.562. The Morgan fingerprint density at radius 3 is 2.62 bits per heavy atom. The van der Waals surface area contributed by atoms with Gasteiger partial charge in [-0.2, -0.15) is 0 Å². The van der Waals surface area contributed by atoms with E-state index in [2.05, 4.69) is 0 Å². The lowest BCUT2D eigenvalue weighted by Crippen LogP contribution is -2.44. The summed E-state index contributed by atoms with van der Waals surface area (Å²) in [4.78, 5) is 14.0. The Bertz CT molecular complexity index is 498. The molecule has 0 bridgehead atoms. The predicted octanol–water partition coefficient (Wildman–Crippen LogP) is 1.62. The Morgan fingerprint density at radius 1 is 1.33 bits per heavy atom. The average molecular weight is 292 g/mol. The van der Waals surface area contributed by atoms with Crippen LogP contribution in [0.5, 0.6) is 11.5 Å². The summed E-state index contributed by atoms with van der Waals surface area (Å²) >= 11 is 0. The van der Waals surface area contributed by atoms with Crippen molar-refractivity contribution in [2.24, 2.45) is 11.7 Å². The zero-order valence-electron chi connectivity index (χ0n) is 12.5. The van der Waals surface area contributed by atoms with E-state index in [4.69, 9.17) is 5.73 Å². The molecule has 2 rings (SSSR count). The van der Waals surface area contributed by atoms with E-state index in [1.54, 1.807) is 18.0 Å². The van der Waals surface area contributed by atoms with Crippen LogP contribution >= 0.6 is 0 Å². The molecule has 0 aliphatic heterocycles. The number of hydrogen-bond donors (Lipinski definition) is 3. The maximum absolute atomic E-state index is 12.3. The predicted molar refractivity (Wildman–Crippen MR) is 81.0 cm³/mol. The van der Waals surface area contributed by atoms with Gasteiger partial charge in [0.2, 0.25) is 5.91 Å². The highest BCUT2D eigenvalue weighted by Crippen LogP contribution is 2.26. The van der Waals surface area contributed by atoms with Crippen molar-refractivity contribution < 1.29 is 15.0 Å². The van der Waals surface area contributed by atoms with Gasteiger partial charge in [0.1, 0.15) is 0 Å². The normalized spacial score (nSPS) is 16.9. The third-order valence-corrected chi connectivity index (χ3v) is 4.20. The number of phenolic OH excluding ortho intramolecular Hbond substituents is 2. The minimum absolute atomic E-state index is 0.0746. The molecule has 0 aromatic heterocycles. The van der Waals surface area contributed by atoms with E-state index in [-0.39, 0.29) is 17.4 Å². The maximum atomic E-state index is 12.3. The first-order valence-corrected chi connectivity index (χ1v) is 7.48. The number of carbonyl (C=O) groups excluding carboxylic acids is 1. The van der Waals surface area contributed by atoms with Gasteiger partial charge in [0, 0.05) is 13.6 Å². The SMILES string of the molecule is CN(CC1CCCC1)C(=O)[C@@H](N)Cc1ccc(O)c(O)c1. The van der Waals surface area contributed by atoms with Crippen molar-refractivity contribution in [2.45, 2.75) is 38.1 Å². The van der Waals surface area contributed by atoms with Gasteiger partial charge in [-0.05, 0) is 42.9 Å². The summed E-state index contributed by atoms with van der Waals surface area (Å²) in [5.74, 6) is 0.168. The van der Waals surface area contributed by atoms with Gasteiger partial charge in [0.25, 0.3) is 0 Å². The van der Waals surface area contributed by atoms with Gasteiger partial charge in [-0.25, -0.2) is 0 Å². The number of benzene rings is 1. The standard InChI is InChI=1S/C16H24N2O3/c1-18(10-11-4-2-3-5-11)16(21)13(17)8-12-6-7-14(19)15(20)9-12/h6-7,9,11,13,19-20H,2-5,8,10,17H2,1H3/t13-/m0/s1. The second-order valence-corrected chi connectivity index (χ2v) is 6.00. The Balaban J connectivity index is 1.90. The van der Waals surface area contributed by atoms with E-state index >= 15 is 0 Å². The third-order valence-electron chi connectivity index (χ3n) is 4.20. The van der Waals surface area contributed by atoms with Gasteiger partial charge in [-0.1, -0.05) is 18.9 Å². The third kappa shape index (κ3) is 4.11. The van der Waals surface area contributed by atoms with Gasteiger partial charge in [0.15, 0.2) is 11.5 Å². The molecule has 5 heteroatoms. The van der Waals surface area contributed by atoms with Crippen molar-refractivity contribution in [3.05, 3.63) is 23.8 Å². The highest BCUT2D eigenvalue weighted by atomic mass is 16.3. The molecule has 1 saturated carbocycles. The summed E-state index contributed by atoms with van der Waals surface area (Å²) in [6.07, 6.45) is 5.25. The van der Waals surface area contributed by atoms with Crippen molar-refractivity contribution in [3.8, 4) is 11.5 Å². The largest absolute Gasteiger partial charge is 0.504 e. The van der Waals surface area contributed by atoms with Crippen LogP contribution in [0.2, 0.25) is 0 Å². The number of nitrogens with two attached hydrogens (primary N) is 1. The molecule has 5 nitrogen and oxygen atoms in total. The zero-order valence-corrected chi connectivity index (χ0v) is 12.5. The quantitative estimate of drug-likeness (QED) is 0.720. The minimum Gasteiger partial charge on any atom is -0.504 e. The Morgan fingerprint density at radius 2 is 2.00 bits per heavy atom. The second kappa shape index (κ2) is 6.80. The van der Waals surface area contributed by atoms with Crippen LogP contribution in [0.4, 0.5) is 0 Å². The topological polar surface area (TPSA) is 86.8 Å². The monoisotopic (exact) mass is 292 g/mol. The smallest absolute Gasteiger partial charge is 0.239 e. The number of aromatic hydroxyl groups is 2. The van der Waals surface area contributed by atoms with Crippen LogP contribution in [0.3, 0.4) is 0 Å². The zero-order chi connectivity index (χ0) is 15.4. The number of hydrogen-bond acceptors (Lipinski definition) is 4.